The predicted molar refractivity (Wildman–Crippen MR) is 89.1 cm³/mol. The third-order valence-corrected chi connectivity index (χ3v) is 4.30. The van der Waals surface area contributed by atoms with Crippen LogP contribution in [0.3, 0.4) is 0 Å². The molecule has 7 heteroatoms. The molecular weight excluding hydrogens is 338 g/mol. The van der Waals surface area contributed by atoms with Gasteiger partial charge in [-0.1, -0.05) is 11.6 Å². The van der Waals surface area contributed by atoms with Crippen molar-refractivity contribution in [1.82, 2.24) is 0 Å². The average molecular weight is 350 g/mol. The van der Waals surface area contributed by atoms with Gasteiger partial charge in [-0.15, -0.1) is 11.3 Å². The molecule has 1 aliphatic rings. The molecule has 0 bridgehead atoms. The molecule has 3 rings (SSSR count). The van der Waals surface area contributed by atoms with Gasteiger partial charge in [0.2, 0.25) is 0 Å². The van der Waals surface area contributed by atoms with E-state index in [1.54, 1.807) is 36.4 Å². The van der Waals surface area contributed by atoms with Gasteiger partial charge in [-0.05, 0) is 42.5 Å². The Labute approximate surface area is 141 Å². The first-order valence-corrected chi connectivity index (χ1v) is 8.01. The van der Waals surface area contributed by atoms with Gasteiger partial charge in [-0.3, -0.25) is 4.90 Å². The predicted octanol–water partition coefficient (Wildman–Crippen LogP) is 3.98. The summed E-state index contributed by atoms with van der Waals surface area (Å²) in [6, 6.07) is 10.3. The number of rotatable bonds is 4. The third-order valence-electron chi connectivity index (χ3n) is 3.11. The standard InChI is InChI=1S/C16H12ClNO4S/c17-14-7-5-13(23-14)6-8-15(19)22-12-3-1-11(2-4-12)18-9-10-21-16(18)20/h1-8H,9-10H2. The number of nitrogens with zero attached hydrogens (tertiary/aromatic N) is 1. The zero-order valence-corrected chi connectivity index (χ0v) is 13.5. The maximum Gasteiger partial charge on any atom is 0.414 e. The number of esters is 1. The Morgan fingerprint density at radius 2 is 2.04 bits per heavy atom. The molecule has 1 aliphatic heterocycles. The number of cyclic esters (lactones) is 1. The number of halogens is 1. The van der Waals surface area contributed by atoms with Crippen LogP contribution in [0.5, 0.6) is 5.75 Å². The molecule has 2 aromatic rings. The molecule has 23 heavy (non-hydrogen) atoms. The van der Waals surface area contributed by atoms with Gasteiger partial charge in [-0.25, -0.2) is 9.59 Å². The molecule has 5 nitrogen and oxygen atoms in total. The Morgan fingerprint density at radius 1 is 1.26 bits per heavy atom. The zero-order chi connectivity index (χ0) is 16.2. The largest absolute Gasteiger partial charge is 0.447 e. The Balaban J connectivity index is 1.60. The molecule has 0 N–H and O–H groups in total. The van der Waals surface area contributed by atoms with Gasteiger partial charge >= 0.3 is 12.1 Å². The number of benzene rings is 1. The molecule has 0 saturated carbocycles. The SMILES string of the molecule is O=C(C=Cc1ccc(Cl)s1)Oc1ccc(N2CCOC2=O)cc1. The monoisotopic (exact) mass is 349 g/mol. The summed E-state index contributed by atoms with van der Waals surface area (Å²) in [5.74, 6) is -0.0805. The van der Waals surface area contributed by atoms with Gasteiger partial charge in [0.15, 0.2) is 0 Å². The summed E-state index contributed by atoms with van der Waals surface area (Å²) in [6.07, 6.45) is 2.62. The van der Waals surface area contributed by atoms with Crippen molar-refractivity contribution in [2.45, 2.75) is 0 Å². The van der Waals surface area contributed by atoms with E-state index in [1.165, 1.54) is 22.3 Å². The van der Waals surface area contributed by atoms with Crippen LogP contribution in [-0.2, 0) is 9.53 Å². The van der Waals surface area contributed by atoms with E-state index in [1.807, 2.05) is 6.07 Å². The highest BCUT2D eigenvalue weighted by molar-refractivity contribution is 7.17. The van der Waals surface area contributed by atoms with Gasteiger partial charge in [0.05, 0.1) is 10.9 Å². The molecule has 1 saturated heterocycles. The highest BCUT2D eigenvalue weighted by Crippen LogP contribution is 2.23. The maximum atomic E-state index is 11.8. The summed E-state index contributed by atoms with van der Waals surface area (Å²) < 4.78 is 10.7. The van der Waals surface area contributed by atoms with E-state index in [0.29, 0.717) is 28.9 Å². The molecule has 2 heterocycles. The number of hydrogen-bond acceptors (Lipinski definition) is 5. The van der Waals surface area contributed by atoms with Gasteiger partial charge in [-0.2, -0.15) is 0 Å². The highest BCUT2D eigenvalue weighted by Gasteiger charge is 2.23. The van der Waals surface area contributed by atoms with Crippen molar-refractivity contribution in [3.05, 3.63) is 51.7 Å². The quantitative estimate of drug-likeness (QED) is 0.476. The summed E-state index contributed by atoms with van der Waals surface area (Å²) in [5.41, 5.74) is 0.705. The Morgan fingerprint density at radius 3 is 2.65 bits per heavy atom. The van der Waals surface area contributed by atoms with Crippen LogP contribution >= 0.6 is 22.9 Å². The topological polar surface area (TPSA) is 55.8 Å². The molecule has 1 aromatic heterocycles. The maximum absolute atomic E-state index is 11.8. The lowest BCUT2D eigenvalue weighted by atomic mass is 10.3. The molecule has 118 valence electrons. The van der Waals surface area contributed by atoms with Crippen molar-refractivity contribution in [3.63, 3.8) is 0 Å². The van der Waals surface area contributed by atoms with Crippen LogP contribution in [0, 0.1) is 0 Å². The van der Waals surface area contributed by atoms with Crippen LogP contribution in [0.25, 0.3) is 6.08 Å². The molecule has 1 amide bonds. The number of thiophene rings is 1. The number of anilines is 1. The number of hydrogen-bond donors (Lipinski definition) is 0. The van der Waals surface area contributed by atoms with Crippen LogP contribution in [0.1, 0.15) is 4.88 Å². The summed E-state index contributed by atoms with van der Waals surface area (Å²) in [5, 5.41) is 0. The Bertz CT molecular complexity index is 754. The van der Waals surface area contributed by atoms with Crippen molar-refractivity contribution in [3.8, 4) is 5.75 Å². The number of carbonyl (C=O) groups excluding carboxylic acids is 2. The molecular formula is C16H12ClNO4S. The third kappa shape index (κ3) is 3.91. The van der Waals surface area contributed by atoms with Crippen molar-refractivity contribution in [1.29, 1.82) is 0 Å². The Kier molecular flexibility index (Phi) is 4.64. The molecule has 1 aromatic carbocycles. The summed E-state index contributed by atoms with van der Waals surface area (Å²) in [7, 11) is 0. The number of amides is 1. The minimum Gasteiger partial charge on any atom is -0.447 e. The normalized spacial score (nSPS) is 14.3. The minimum absolute atomic E-state index is 0.368. The van der Waals surface area contributed by atoms with Crippen LogP contribution < -0.4 is 9.64 Å². The highest BCUT2D eigenvalue weighted by atomic mass is 35.5. The molecule has 1 fully saturated rings. The van der Waals surface area contributed by atoms with Crippen LogP contribution in [-0.4, -0.2) is 25.2 Å². The first-order chi connectivity index (χ1) is 11.1. The second kappa shape index (κ2) is 6.85. The van der Waals surface area contributed by atoms with E-state index in [-0.39, 0.29) is 6.09 Å². The fourth-order valence-electron chi connectivity index (χ4n) is 2.04. The van der Waals surface area contributed by atoms with Gasteiger partial charge in [0.1, 0.15) is 12.4 Å². The van der Waals surface area contributed by atoms with E-state index in [9.17, 15) is 9.59 Å². The van der Waals surface area contributed by atoms with E-state index in [4.69, 9.17) is 21.1 Å². The smallest absolute Gasteiger partial charge is 0.414 e. The lowest BCUT2D eigenvalue weighted by molar-refractivity contribution is -0.128. The molecule has 0 unspecified atom stereocenters. The first kappa shape index (κ1) is 15.6. The lowest BCUT2D eigenvalue weighted by Crippen LogP contribution is -2.23. The van der Waals surface area contributed by atoms with Gasteiger partial charge < -0.3 is 9.47 Å². The van der Waals surface area contributed by atoms with Crippen LogP contribution in [0.15, 0.2) is 42.5 Å². The van der Waals surface area contributed by atoms with Crippen LogP contribution in [0.2, 0.25) is 4.34 Å². The lowest BCUT2D eigenvalue weighted by Gasteiger charge is -2.12. The van der Waals surface area contributed by atoms with Crippen molar-refractivity contribution in [2.75, 3.05) is 18.1 Å². The second-order valence-electron chi connectivity index (χ2n) is 4.66. The van der Waals surface area contributed by atoms with Gasteiger partial charge in [0.25, 0.3) is 0 Å². The second-order valence-corrected chi connectivity index (χ2v) is 6.40. The molecule has 0 spiro atoms. The zero-order valence-electron chi connectivity index (χ0n) is 11.9. The summed E-state index contributed by atoms with van der Waals surface area (Å²) in [4.78, 5) is 25.6. The van der Waals surface area contributed by atoms with Crippen molar-refractivity contribution in [2.24, 2.45) is 0 Å². The van der Waals surface area contributed by atoms with E-state index in [2.05, 4.69) is 0 Å². The minimum atomic E-state index is -0.483. The van der Waals surface area contributed by atoms with E-state index in [0.717, 1.165) is 4.88 Å². The van der Waals surface area contributed by atoms with Gasteiger partial charge in [0, 0.05) is 16.6 Å². The first-order valence-electron chi connectivity index (χ1n) is 6.81. The molecule has 0 atom stereocenters. The van der Waals surface area contributed by atoms with E-state index >= 15 is 0 Å². The fourth-order valence-corrected chi connectivity index (χ4v) is 3.00. The summed E-state index contributed by atoms with van der Waals surface area (Å²) >= 11 is 7.19. The van der Waals surface area contributed by atoms with E-state index < -0.39 is 5.97 Å². The summed E-state index contributed by atoms with van der Waals surface area (Å²) in [6.45, 7) is 0.900. The average Bonchev–Trinajstić information content (AvgIpc) is 3.14. The number of ether oxygens (including phenoxy) is 2. The van der Waals surface area contributed by atoms with Crippen LogP contribution in [0.4, 0.5) is 10.5 Å². The van der Waals surface area contributed by atoms with Crippen molar-refractivity contribution >= 4 is 46.8 Å². The van der Waals surface area contributed by atoms with Crippen molar-refractivity contribution < 1.29 is 19.1 Å². The Hall–Kier alpha value is -2.31. The molecule has 0 aliphatic carbocycles. The number of carbonyl (C=O) groups is 2. The fraction of sp³-hybridized carbons (Fsp3) is 0.125. The molecule has 0 radical (unpaired) electrons.